The van der Waals surface area contributed by atoms with Crippen molar-refractivity contribution in [3.05, 3.63) is 17.7 Å². The molecule has 0 N–H and O–H groups in total. The average Bonchev–Trinajstić information content (AvgIpc) is 2.82. The molecule has 3 heterocycles. The fourth-order valence-corrected chi connectivity index (χ4v) is 3.03. The summed E-state index contributed by atoms with van der Waals surface area (Å²) in [5, 5.41) is 0. The van der Waals surface area contributed by atoms with Gasteiger partial charge in [-0.2, -0.15) is 13.8 Å². The summed E-state index contributed by atoms with van der Waals surface area (Å²) in [4.78, 5) is 18.1. The molecule has 132 valence electrons. The first-order valence-corrected chi connectivity index (χ1v) is 7.86. The highest BCUT2D eigenvalue weighted by Crippen LogP contribution is 2.44. The second-order valence-corrected chi connectivity index (χ2v) is 6.84. The molecule has 0 bridgehead atoms. The van der Waals surface area contributed by atoms with Gasteiger partial charge in [-0.1, -0.05) is 0 Å². The first kappa shape index (κ1) is 16.7. The van der Waals surface area contributed by atoms with E-state index in [1.165, 1.54) is 6.07 Å². The summed E-state index contributed by atoms with van der Waals surface area (Å²) in [5.74, 6) is 0.0322. The molecule has 2 aliphatic heterocycles. The molecule has 0 spiro atoms. The SMILES string of the molecule is CC(C)(C)OC(=O)N1CCC[C@@H]2Oc3nc(OC(F)F)ccc3[C@@H]21. The minimum absolute atomic E-state index is 0.203. The van der Waals surface area contributed by atoms with Crippen LogP contribution in [-0.4, -0.2) is 40.8 Å². The lowest BCUT2D eigenvalue weighted by molar-refractivity contribution is -0.0532. The zero-order valence-electron chi connectivity index (χ0n) is 13.8. The molecule has 1 saturated heterocycles. The lowest BCUT2D eigenvalue weighted by atomic mass is 9.96. The van der Waals surface area contributed by atoms with Crippen molar-refractivity contribution in [2.75, 3.05) is 6.54 Å². The molecule has 1 amide bonds. The van der Waals surface area contributed by atoms with Gasteiger partial charge in [0.25, 0.3) is 0 Å². The Morgan fingerprint density at radius 2 is 2.17 bits per heavy atom. The molecule has 0 radical (unpaired) electrons. The Morgan fingerprint density at radius 1 is 1.42 bits per heavy atom. The molecular weight excluding hydrogens is 322 g/mol. The van der Waals surface area contributed by atoms with Crippen molar-refractivity contribution in [2.24, 2.45) is 0 Å². The van der Waals surface area contributed by atoms with Crippen LogP contribution in [0.25, 0.3) is 0 Å². The van der Waals surface area contributed by atoms with Gasteiger partial charge in [-0.05, 0) is 39.7 Å². The molecule has 1 fully saturated rings. The van der Waals surface area contributed by atoms with Crippen LogP contribution in [0, 0.1) is 0 Å². The summed E-state index contributed by atoms with van der Waals surface area (Å²) in [7, 11) is 0. The van der Waals surface area contributed by atoms with Crippen LogP contribution in [0.2, 0.25) is 0 Å². The molecule has 24 heavy (non-hydrogen) atoms. The number of amides is 1. The number of alkyl halides is 2. The van der Waals surface area contributed by atoms with E-state index >= 15 is 0 Å². The summed E-state index contributed by atoms with van der Waals surface area (Å²) in [6.45, 7) is 3.02. The minimum Gasteiger partial charge on any atom is -0.471 e. The highest BCUT2D eigenvalue weighted by Gasteiger charge is 2.45. The maximum atomic E-state index is 12.5. The van der Waals surface area contributed by atoms with E-state index in [0.717, 1.165) is 12.8 Å². The molecular formula is C16H20F2N2O4. The van der Waals surface area contributed by atoms with Gasteiger partial charge in [0.15, 0.2) is 0 Å². The maximum Gasteiger partial charge on any atom is 0.410 e. The number of nitrogens with zero attached hydrogens (tertiary/aromatic N) is 2. The molecule has 0 unspecified atom stereocenters. The Kier molecular flexibility index (Phi) is 4.23. The molecule has 0 aliphatic carbocycles. The average molecular weight is 342 g/mol. The number of likely N-dealkylation sites (tertiary alicyclic amines) is 1. The van der Waals surface area contributed by atoms with Crippen LogP contribution >= 0.6 is 0 Å². The number of fused-ring (bicyclic) bond motifs is 3. The summed E-state index contributed by atoms with van der Waals surface area (Å²) in [6.07, 6.45) is 0.859. The number of ether oxygens (including phenoxy) is 3. The van der Waals surface area contributed by atoms with Crippen LogP contribution in [-0.2, 0) is 4.74 Å². The summed E-state index contributed by atoms with van der Waals surface area (Å²) in [6, 6.07) is 2.66. The van der Waals surface area contributed by atoms with E-state index in [4.69, 9.17) is 9.47 Å². The maximum absolute atomic E-state index is 12.5. The molecule has 6 nitrogen and oxygen atoms in total. The fraction of sp³-hybridized carbons (Fsp3) is 0.625. The van der Waals surface area contributed by atoms with Crippen molar-refractivity contribution in [3.8, 4) is 11.8 Å². The van der Waals surface area contributed by atoms with E-state index in [9.17, 15) is 13.6 Å². The molecule has 0 saturated carbocycles. The lowest BCUT2D eigenvalue weighted by Gasteiger charge is -2.37. The van der Waals surface area contributed by atoms with Crippen molar-refractivity contribution in [3.63, 3.8) is 0 Å². The van der Waals surface area contributed by atoms with Gasteiger partial charge in [0.05, 0.1) is 0 Å². The topological polar surface area (TPSA) is 60.9 Å². The molecule has 0 aromatic carbocycles. The largest absolute Gasteiger partial charge is 0.471 e. The monoisotopic (exact) mass is 342 g/mol. The summed E-state index contributed by atoms with van der Waals surface area (Å²) in [5.41, 5.74) is 0.0895. The van der Waals surface area contributed by atoms with Crippen LogP contribution in [0.5, 0.6) is 11.8 Å². The third-order valence-corrected chi connectivity index (χ3v) is 3.86. The summed E-state index contributed by atoms with van der Waals surface area (Å²) >= 11 is 0. The Labute approximate surface area is 138 Å². The van der Waals surface area contributed by atoms with E-state index in [2.05, 4.69) is 9.72 Å². The van der Waals surface area contributed by atoms with Gasteiger partial charge in [-0.15, -0.1) is 0 Å². The third-order valence-electron chi connectivity index (χ3n) is 3.86. The Morgan fingerprint density at radius 3 is 2.83 bits per heavy atom. The number of pyridine rings is 1. The van der Waals surface area contributed by atoms with Gasteiger partial charge in [0.1, 0.15) is 17.7 Å². The first-order valence-electron chi connectivity index (χ1n) is 7.86. The second kappa shape index (κ2) is 6.07. The molecule has 2 aliphatic rings. The highest BCUT2D eigenvalue weighted by molar-refractivity contribution is 5.69. The number of halogens is 2. The van der Waals surface area contributed by atoms with Crippen LogP contribution in [0.4, 0.5) is 13.6 Å². The Bertz CT molecular complexity index is 633. The van der Waals surface area contributed by atoms with Crippen LogP contribution in [0.15, 0.2) is 12.1 Å². The Hall–Kier alpha value is -2.12. The van der Waals surface area contributed by atoms with Crippen molar-refractivity contribution < 1.29 is 27.8 Å². The Balaban J connectivity index is 1.85. The van der Waals surface area contributed by atoms with Crippen LogP contribution in [0.1, 0.15) is 45.2 Å². The van der Waals surface area contributed by atoms with Gasteiger partial charge in [-0.3, -0.25) is 4.90 Å². The summed E-state index contributed by atoms with van der Waals surface area (Å²) < 4.78 is 40.2. The normalized spacial score (nSPS) is 22.7. The number of carbonyl (C=O) groups excluding carboxylic acids is 1. The van der Waals surface area contributed by atoms with Gasteiger partial charge < -0.3 is 14.2 Å². The number of aromatic nitrogens is 1. The van der Waals surface area contributed by atoms with Crippen LogP contribution < -0.4 is 9.47 Å². The van der Waals surface area contributed by atoms with Crippen molar-refractivity contribution in [1.82, 2.24) is 9.88 Å². The van der Waals surface area contributed by atoms with Crippen molar-refractivity contribution in [1.29, 1.82) is 0 Å². The quantitative estimate of drug-likeness (QED) is 0.823. The highest BCUT2D eigenvalue weighted by atomic mass is 19.3. The zero-order valence-corrected chi connectivity index (χ0v) is 13.8. The zero-order chi connectivity index (χ0) is 17.5. The van der Waals surface area contributed by atoms with Gasteiger partial charge in [0, 0.05) is 18.2 Å². The molecule has 1 aromatic heterocycles. The van der Waals surface area contributed by atoms with Crippen molar-refractivity contribution in [2.45, 2.75) is 58.0 Å². The number of carbonyl (C=O) groups is 1. The predicted octanol–water partition coefficient (Wildman–Crippen LogP) is 3.52. The van der Waals surface area contributed by atoms with Crippen molar-refractivity contribution >= 4 is 6.09 Å². The molecule has 8 heteroatoms. The van der Waals surface area contributed by atoms with E-state index < -0.39 is 18.3 Å². The third kappa shape index (κ3) is 3.37. The smallest absolute Gasteiger partial charge is 0.410 e. The number of piperidine rings is 1. The predicted molar refractivity (Wildman–Crippen MR) is 80.2 cm³/mol. The second-order valence-electron chi connectivity index (χ2n) is 6.84. The molecule has 3 rings (SSSR count). The van der Waals surface area contributed by atoms with E-state index in [-0.39, 0.29) is 23.9 Å². The number of rotatable bonds is 2. The number of hydrogen-bond donors (Lipinski definition) is 0. The lowest BCUT2D eigenvalue weighted by Crippen LogP contribution is -2.46. The van der Waals surface area contributed by atoms with Crippen LogP contribution in [0.3, 0.4) is 0 Å². The standard InChI is InChI=1S/C16H20F2N2O4/c1-16(2,3)24-15(21)20-8-4-5-10-12(20)9-6-7-11(23-14(17)18)19-13(9)22-10/h6-7,10,12,14H,4-5,8H2,1-3H3/t10-,12-/m0/s1. The van der Waals surface area contributed by atoms with Gasteiger partial charge >= 0.3 is 12.7 Å². The molecule has 1 aromatic rings. The first-order chi connectivity index (χ1) is 11.2. The minimum atomic E-state index is -2.95. The van der Waals surface area contributed by atoms with Gasteiger partial charge in [0.2, 0.25) is 11.8 Å². The van der Waals surface area contributed by atoms with Gasteiger partial charge in [-0.25, -0.2) is 4.79 Å². The molecule has 2 atom stereocenters. The van der Waals surface area contributed by atoms with E-state index in [0.29, 0.717) is 12.1 Å². The fourth-order valence-electron chi connectivity index (χ4n) is 3.03. The number of hydrogen-bond acceptors (Lipinski definition) is 5. The van der Waals surface area contributed by atoms with E-state index in [1.807, 2.05) is 0 Å². The van der Waals surface area contributed by atoms with E-state index in [1.54, 1.807) is 31.7 Å².